The van der Waals surface area contributed by atoms with E-state index in [1.807, 2.05) is 20.8 Å². The lowest BCUT2D eigenvalue weighted by Gasteiger charge is -2.35. The molecule has 3 aromatic rings. The third-order valence-corrected chi connectivity index (χ3v) is 8.88. The van der Waals surface area contributed by atoms with Crippen molar-refractivity contribution in [3.05, 3.63) is 92.4 Å². The zero-order valence-corrected chi connectivity index (χ0v) is 26.8. The number of benzene rings is 3. The molecule has 0 aliphatic heterocycles. The van der Waals surface area contributed by atoms with E-state index >= 15 is 0 Å². The summed E-state index contributed by atoms with van der Waals surface area (Å²) in [5.74, 6) is -1.00. The minimum Gasteiger partial charge on any atom is -0.350 e. The van der Waals surface area contributed by atoms with Crippen molar-refractivity contribution in [3.63, 3.8) is 0 Å². The third-order valence-electron chi connectivity index (χ3n) is 6.02. The Morgan fingerprint density at radius 1 is 0.878 bits per heavy atom. The van der Waals surface area contributed by atoms with Crippen LogP contribution in [0.2, 0.25) is 20.1 Å². The molecule has 0 radical (unpaired) electrons. The van der Waals surface area contributed by atoms with E-state index in [0.29, 0.717) is 20.6 Å². The van der Waals surface area contributed by atoms with Gasteiger partial charge in [-0.2, -0.15) is 0 Å². The molecule has 0 fully saturated rings. The number of nitrogens with zero attached hydrogens (tertiary/aromatic N) is 2. The maximum absolute atomic E-state index is 14.1. The molecular formula is C29H31Cl4N3O4S. The predicted octanol–water partition coefficient (Wildman–Crippen LogP) is 7.22. The largest absolute Gasteiger partial charge is 0.350 e. The highest BCUT2D eigenvalue weighted by atomic mass is 35.5. The summed E-state index contributed by atoms with van der Waals surface area (Å²) in [5.41, 5.74) is 0.153. The first kappa shape index (κ1) is 33.0. The normalized spacial score (nSPS) is 12.5. The van der Waals surface area contributed by atoms with Gasteiger partial charge in [-0.05, 0) is 87.4 Å². The molecule has 1 N–H and O–H groups in total. The molecule has 0 bridgehead atoms. The van der Waals surface area contributed by atoms with Crippen molar-refractivity contribution in [2.75, 3.05) is 10.8 Å². The molecule has 0 heterocycles. The highest BCUT2D eigenvalue weighted by Gasteiger charge is 2.35. The first-order valence-corrected chi connectivity index (χ1v) is 15.7. The number of hydrogen-bond acceptors (Lipinski definition) is 4. The van der Waals surface area contributed by atoms with Crippen molar-refractivity contribution >= 4 is 73.9 Å². The summed E-state index contributed by atoms with van der Waals surface area (Å²) in [6.07, 6.45) is 0.264. The molecule has 0 aromatic heterocycles. The molecule has 0 aliphatic rings. The van der Waals surface area contributed by atoms with E-state index < -0.39 is 34.1 Å². The standard InChI is InChI=1S/C29H31Cl4N3O4S/c1-5-26(28(38)34-29(2,3)4)35(17-19-9-10-22(32)16-25(19)33)27(37)18-36(23-8-6-7-21(31)15-23)41(39,40)24-13-11-20(30)12-14-24/h6-16,26H,5,17-18H2,1-4H3,(H,34,38)/t26-/m1/s1. The van der Waals surface area contributed by atoms with Crippen LogP contribution in [0.5, 0.6) is 0 Å². The molecule has 0 spiro atoms. The van der Waals surface area contributed by atoms with Gasteiger partial charge in [0, 0.05) is 32.2 Å². The molecule has 7 nitrogen and oxygen atoms in total. The summed E-state index contributed by atoms with van der Waals surface area (Å²) in [5, 5.41) is 4.28. The van der Waals surface area contributed by atoms with E-state index in [1.54, 1.807) is 37.3 Å². The van der Waals surface area contributed by atoms with Gasteiger partial charge in [0.25, 0.3) is 10.0 Å². The van der Waals surface area contributed by atoms with E-state index in [4.69, 9.17) is 46.4 Å². The van der Waals surface area contributed by atoms with E-state index in [1.165, 1.54) is 41.3 Å². The number of carbonyl (C=O) groups excluding carboxylic acids is 2. The SMILES string of the molecule is CC[C@H](C(=O)NC(C)(C)C)N(Cc1ccc(Cl)cc1Cl)C(=O)CN(c1cccc(Cl)c1)S(=O)(=O)c1ccc(Cl)cc1. The Labute approximate surface area is 261 Å². The van der Waals surface area contributed by atoms with Crippen LogP contribution in [0.15, 0.2) is 71.6 Å². The van der Waals surface area contributed by atoms with Gasteiger partial charge in [-0.1, -0.05) is 65.5 Å². The Balaban J connectivity index is 2.10. The maximum atomic E-state index is 14.1. The number of sulfonamides is 1. The number of rotatable bonds is 10. The highest BCUT2D eigenvalue weighted by Crippen LogP contribution is 2.29. The topological polar surface area (TPSA) is 86.8 Å². The molecule has 3 rings (SSSR count). The lowest BCUT2D eigenvalue weighted by atomic mass is 10.1. The molecule has 0 aliphatic carbocycles. The van der Waals surface area contributed by atoms with Crippen molar-refractivity contribution in [1.29, 1.82) is 0 Å². The van der Waals surface area contributed by atoms with Gasteiger partial charge in [-0.25, -0.2) is 8.42 Å². The van der Waals surface area contributed by atoms with Crippen LogP contribution in [0.4, 0.5) is 5.69 Å². The summed E-state index contributed by atoms with van der Waals surface area (Å²) in [6.45, 7) is 6.60. The minimum atomic E-state index is -4.26. The molecule has 220 valence electrons. The van der Waals surface area contributed by atoms with Crippen molar-refractivity contribution in [3.8, 4) is 0 Å². The number of amides is 2. The zero-order chi connectivity index (χ0) is 30.5. The fourth-order valence-electron chi connectivity index (χ4n) is 4.10. The van der Waals surface area contributed by atoms with Crippen LogP contribution >= 0.6 is 46.4 Å². The van der Waals surface area contributed by atoms with Gasteiger partial charge >= 0.3 is 0 Å². The number of nitrogens with one attached hydrogen (secondary N) is 1. The summed E-state index contributed by atoms with van der Waals surface area (Å²) < 4.78 is 28.7. The van der Waals surface area contributed by atoms with Gasteiger partial charge in [0.05, 0.1) is 10.6 Å². The molecule has 0 unspecified atom stereocenters. The Hall–Kier alpha value is -2.49. The zero-order valence-electron chi connectivity index (χ0n) is 23.0. The van der Waals surface area contributed by atoms with Crippen LogP contribution in [0, 0.1) is 0 Å². The van der Waals surface area contributed by atoms with Crippen molar-refractivity contribution in [2.24, 2.45) is 0 Å². The van der Waals surface area contributed by atoms with Crippen LogP contribution in [0.1, 0.15) is 39.7 Å². The molecular weight excluding hydrogens is 628 g/mol. The van der Waals surface area contributed by atoms with Crippen LogP contribution in [-0.2, 0) is 26.2 Å². The minimum absolute atomic E-state index is 0.0602. The van der Waals surface area contributed by atoms with Gasteiger partial charge in [-0.15, -0.1) is 0 Å². The van der Waals surface area contributed by atoms with Crippen molar-refractivity contribution in [2.45, 2.75) is 57.1 Å². The number of anilines is 1. The van der Waals surface area contributed by atoms with Gasteiger partial charge in [0.1, 0.15) is 12.6 Å². The summed E-state index contributed by atoms with van der Waals surface area (Å²) in [7, 11) is -4.26. The quantitative estimate of drug-likeness (QED) is 0.249. The number of halogens is 4. The second-order valence-corrected chi connectivity index (χ2v) is 13.9. The number of carbonyl (C=O) groups is 2. The lowest BCUT2D eigenvalue weighted by molar-refractivity contribution is -0.141. The number of hydrogen-bond donors (Lipinski definition) is 1. The Kier molecular flexibility index (Phi) is 11.0. The maximum Gasteiger partial charge on any atom is 0.264 e. The monoisotopic (exact) mass is 657 g/mol. The van der Waals surface area contributed by atoms with Crippen LogP contribution in [0.3, 0.4) is 0 Å². The predicted molar refractivity (Wildman–Crippen MR) is 166 cm³/mol. The van der Waals surface area contributed by atoms with Crippen molar-refractivity contribution < 1.29 is 18.0 Å². The average Bonchev–Trinajstić information content (AvgIpc) is 2.87. The molecule has 12 heteroatoms. The Morgan fingerprint density at radius 2 is 1.49 bits per heavy atom. The summed E-state index contributed by atoms with van der Waals surface area (Å²) in [6, 6.07) is 15.7. The lowest BCUT2D eigenvalue weighted by Crippen LogP contribution is -2.55. The fourth-order valence-corrected chi connectivity index (χ4v) is 6.28. The van der Waals surface area contributed by atoms with E-state index in [0.717, 1.165) is 4.31 Å². The summed E-state index contributed by atoms with van der Waals surface area (Å²) in [4.78, 5) is 28.8. The van der Waals surface area contributed by atoms with E-state index in [9.17, 15) is 18.0 Å². The smallest absolute Gasteiger partial charge is 0.264 e. The molecule has 1 atom stereocenters. The Bertz CT molecular complexity index is 1510. The molecule has 2 amide bonds. The van der Waals surface area contributed by atoms with Crippen LogP contribution in [0.25, 0.3) is 0 Å². The first-order valence-electron chi connectivity index (χ1n) is 12.7. The molecule has 0 saturated carbocycles. The summed E-state index contributed by atoms with van der Waals surface area (Å²) >= 11 is 24.7. The molecule has 41 heavy (non-hydrogen) atoms. The van der Waals surface area contributed by atoms with Gasteiger partial charge in [0.15, 0.2) is 0 Å². The van der Waals surface area contributed by atoms with Gasteiger partial charge < -0.3 is 10.2 Å². The molecule has 3 aromatic carbocycles. The fraction of sp³-hybridized carbons (Fsp3) is 0.310. The van der Waals surface area contributed by atoms with Crippen molar-refractivity contribution in [1.82, 2.24) is 10.2 Å². The second kappa shape index (κ2) is 13.7. The second-order valence-electron chi connectivity index (χ2n) is 10.4. The van der Waals surface area contributed by atoms with Crippen LogP contribution < -0.4 is 9.62 Å². The average molecular weight is 659 g/mol. The van der Waals surface area contributed by atoms with E-state index in [2.05, 4.69) is 5.32 Å². The third kappa shape index (κ3) is 8.75. The first-order chi connectivity index (χ1) is 19.1. The Morgan fingerprint density at radius 3 is 2.05 bits per heavy atom. The molecule has 0 saturated heterocycles. The van der Waals surface area contributed by atoms with Gasteiger partial charge in [0.2, 0.25) is 11.8 Å². The van der Waals surface area contributed by atoms with Crippen LogP contribution in [-0.4, -0.2) is 43.3 Å². The van der Waals surface area contributed by atoms with E-state index in [-0.39, 0.29) is 34.5 Å². The van der Waals surface area contributed by atoms with Gasteiger partial charge in [-0.3, -0.25) is 13.9 Å². The highest BCUT2D eigenvalue weighted by molar-refractivity contribution is 7.92.